The van der Waals surface area contributed by atoms with E-state index in [1.807, 2.05) is 0 Å². The molecule has 3 N–H and O–H groups in total. The summed E-state index contributed by atoms with van der Waals surface area (Å²) in [4.78, 5) is 3.95. The van der Waals surface area contributed by atoms with Crippen LogP contribution in [0.2, 0.25) is 0 Å². The first-order chi connectivity index (χ1) is 7.01. The van der Waals surface area contributed by atoms with Gasteiger partial charge in [0.05, 0.1) is 24.7 Å². The second-order valence-electron chi connectivity index (χ2n) is 2.88. The minimum absolute atomic E-state index is 0.112. The van der Waals surface area contributed by atoms with Crippen molar-refractivity contribution in [3.05, 3.63) is 18.3 Å². The van der Waals surface area contributed by atoms with E-state index in [2.05, 4.69) is 10.3 Å². The van der Waals surface area contributed by atoms with Gasteiger partial charge in [0.15, 0.2) is 0 Å². The predicted molar refractivity (Wildman–Crippen MR) is 57.3 cm³/mol. The van der Waals surface area contributed by atoms with Crippen LogP contribution in [0.3, 0.4) is 0 Å². The molecule has 0 fully saturated rings. The first-order valence-electron chi connectivity index (χ1n) is 4.25. The van der Waals surface area contributed by atoms with Crippen molar-refractivity contribution in [2.24, 2.45) is 5.14 Å². The SMILES string of the molecule is COc1ccc(NCCS(N)(=O)=O)cn1. The molecule has 7 heteroatoms. The van der Waals surface area contributed by atoms with Crippen molar-refractivity contribution in [2.75, 3.05) is 24.7 Å². The van der Waals surface area contributed by atoms with Crippen LogP contribution in [0.5, 0.6) is 5.88 Å². The molecule has 0 amide bonds. The molecule has 1 heterocycles. The van der Waals surface area contributed by atoms with Gasteiger partial charge in [-0.25, -0.2) is 18.5 Å². The van der Waals surface area contributed by atoms with E-state index in [-0.39, 0.29) is 12.3 Å². The minimum Gasteiger partial charge on any atom is -0.481 e. The van der Waals surface area contributed by atoms with E-state index in [1.54, 1.807) is 18.3 Å². The molecule has 0 saturated carbocycles. The van der Waals surface area contributed by atoms with E-state index < -0.39 is 10.0 Å². The van der Waals surface area contributed by atoms with Gasteiger partial charge >= 0.3 is 0 Å². The number of rotatable bonds is 5. The van der Waals surface area contributed by atoms with Crippen LogP contribution in [-0.2, 0) is 10.0 Å². The van der Waals surface area contributed by atoms with E-state index in [1.165, 1.54) is 7.11 Å². The summed E-state index contributed by atoms with van der Waals surface area (Å²) >= 11 is 0. The number of methoxy groups -OCH3 is 1. The topological polar surface area (TPSA) is 94.3 Å². The van der Waals surface area contributed by atoms with E-state index in [9.17, 15) is 8.42 Å². The second kappa shape index (κ2) is 4.94. The van der Waals surface area contributed by atoms with E-state index >= 15 is 0 Å². The van der Waals surface area contributed by atoms with E-state index in [0.29, 0.717) is 5.88 Å². The van der Waals surface area contributed by atoms with Crippen molar-refractivity contribution < 1.29 is 13.2 Å². The fourth-order valence-electron chi connectivity index (χ4n) is 0.943. The van der Waals surface area contributed by atoms with Crippen LogP contribution < -0.4 is 15.2 Å². The Labute approximate surface area is 88.5 Å². The third-order valence-corrected chi connectivity index (χ3v) is 2.43. The molecular formula is C8H13N3O3S. The lowest BCUT2D eigenvalue weighted by atomic mass is 10.4. The molecule has 0 atom stereocenters. The molecule has 84 valence electrons. The molecule has 0 radical (unpaired) electrons. The zero-order chi connectivity index (χ0) is 11.3. The molecule has 0 aliphatic rings. The summed E-state index contributed by atoms with van der Waals surface area (Å²) in [6, 6.07) is 3.42. The lowest BCUT2D eigenvalue weighted by Gasteiger charge is -2.05. The third kappa shape index (κ3) is 4.61. The Hall–Kier alpha value is -1.34. The summed E-state index contributed by atoms with van der Waals surface area (Å²) < 4.78 is 26.1. The van der Waals surface area contributed by atoms with Crippen LogP contribution in [0.25, 0.3) is 0 Å². The van der Waals surface area contributed by atoms with Gasteiger partial charge in [0.2, 0.25) is 15.9 Å². The highest BCUT2D eigenvalue weighted by atomic mass is 32.2. The first-order valence-corrected chi connectivity index (χ1v) is 5.97. The number of primary sulfonamides is 1. The maximum atomic E-state index is 10.6. The van der Waals surface area contributed by atoms with Gasteiger partial charge in [-0.15, -0.1) is 0 Å². The average Bonchev–Trinajstić information content (AvgIpc) is 2.17. The molecule has 1 rings (SSSR count). The number of hydrogen-bond acceptors (Lipinski definition) is 5. The molecule has 0 bridgehead atoms. The fourth-order valence-corrected chi connectivity index (χ4v) is 1.33. The summed E-state index contributed by atoms with van der Waals surface area (Å²) in [6.45, 7) is 0.257. The number of aromatic nitrogens is 1. The lowest BCUT2D eigenvalue weighted by molar-refractivity contribution is 0.398. The quantitative estimate of drug-likeness (QED) is 0.731. The first kappa shape index (κ1) is 11.7. The summed E-state index contributed by atoms with van der Waals surface area (Å²) in [7, 11) is -1.89. The van der Waals surface area contributed by atoms with E-state index in [4.69, 9.17) is 9.88 Å². The van der Waals surface area contributed by atoms with Gasteiger partial charge in [0, 0.05) is 12.6 Å². The molecule has 6 nitrogen and oxygen atoms in total. The van der Waals surface area contributed by atoms with Gasteiger partial charge in [-0.1, -0.05) is 0 Å². The van der Waals surface area contributed by atoms with Gasteiger partial charge < -0.3 is 10.1 Å². The maximum Gasteiger partial charge on any atom is 0.213 e. The van der Waals surface area contributed by atoms with Crippen LogP contribution in [0.1, 0.15) is 0 Å². The summed E-state index contributed by atoms with van der Waals surface area (Å²) in [5, 5.41) is 7.72. The zero-order valence-electron chi connectivity index (χ0n) is 8.30. The molecule has 1 aromatic heterocycles. The minimum atomic E-state index is -3.41. The molecule has 0 aliphatic heterocycles. The number of hydrogen-bond donors (Lipinski definition) is 2. The van der Waals surface area contributed by atoms with Crippen molar-refractivity contribution in [1.29, 1.82) is 0 Å². The molecule has 0 spiro atoms. The number of nitrogens with zero attached hydrogens (tertiary/aromatic N) is 1. The average molecular weight is 231 g/mol. The Morgan fingerprint density at radius 3 is 2.73 bits per heavy atom. The highest BCUT2D eigenvalue weighted by Crippen LogP contribution is 2.10. The normalized spacial score (nSPS) is 11.1. The van der Waals surface area contributed by atoms with Crippen LogP contribution in [0, 0.1) is 0 Å². The van der Waals surface area contributed by atoms with Crippen LogP contribution in [0.15, 0.2) is 18.3 Å². The third-order valence-electron chi connectivity index (χ3n) is 1.66. The highest BCUT2D eigenvalue weighted by molar-refractivity contribution is 7.89. The molecule has 0 unspecified atom stereocenters. The number of nitrogens with one attached hydrogen (secondary N) is 1. The van der Waals surface area contributed by atoms with Gasteiger partial charge in [0.25, 0.3) is 0 Å². The Morgan fingerprint density at radius 1 is 1.53 bits per heavy atom. The molecule has 15 heavy (non-hydrogen) atoms. The Morgan fingerprint density at radius 2 is 2.27 bits per heavy atom. The monoisotopic (exact) mass is 231 g/mol. The number of pyridine rings is 1. The smallest absolute Gasteiger partial charge is 0.213 e. The molecule has 0 aromatic carbocycles. The predicted octanol–water partition coefficient (Wildman–Crippen LogP) is -0.209. The van der Waals surface area contributed by atoms with E-state index in [0.717, 1.165) is 5.69 Å². The number of anilines is 1. The van der Waals surface area contributed by atoms with Crippen molar-refractivity contribution >= 4 is 15.7 Å². The summed E-state index contributed by atoms with van der Waals surface area (Å²) in [6.07, 6.45) is 1.56. The van der Waals surface area contributed by atoms with Crippen LogP contribution in [0.4, 0.5) is 5.69 Å². The van der Waals surface area contributed by atoms with Gasteiger partial charge in [-0.3, -0.25) is 0 Å². The summed E-state index contributed by atoms with van der Waals surface area (Å²) in [5.74, 6) is 0.394. The molecule has 0 saturated heterocycles. The summed E-state index contributed by atoms with van der Waals surface area (Å²) in [5.41, 5.74) is 0.722. The Bertz CT molecular complexity index is 402. The largest absolute Gasteiger partial charge is 0.481 e. The van der Waals surface area contributed by atoms with Gasteiger partial charge in [-0.05, 0) is 6.07 Å². The highest BCUT2D eigenvalue weighted by Gasteiger charge is 2.01. The number of ether oxygens (including phenoxy) is 1. The fraction of sp³-hybridized carbons (Fsp3) is 0.375. The van der Waals surface area contributed by atoms with Gasteiger partial charge in [-0.2, -0.15) is 0 Å². The molecule has 1 aromatic rings. The van der Waals surface area contributed by atoms with Crippen LogP contribution >= 0.6 is 0 Å². The molecular weight excluding hydrogens is 218 g/mol. The Balaban J connectivity index is 2.45. The van der Waals surface area contributed by atoms with Crippen molar-refractivity contribution in [2.45, 2.75) is 0 Å². The maximum absolute atomic E-state index is 10.6. The van der Waals surface area contributed by atoms with Crippen molar-refractivity contribution in [3.63, 3.8) is 0 Å². The zero-order valence-corrected chi connectivity index (χ0v) is 9.12. The number of sulfonamides is 1. The number of nitrogens with two attached hydrogens (primary N) is 1. The van der Waals surface area contributed by atoms with Crippen LogP contribution in [-0.4, -0.2) is 32.8 Å². The second-order valence-corrected chi connectivity index (χ2v) is 4.62. The standard InChI is InChI=1S/C8H13N3O3S/c1-14-8-3-2-7(6-11-8)10-4-5-15(9,12)13/h2-3,6,10H,4-5H2,1H3,(H2,9,12,13). The van der Waals surface area contributed by atoms with Crippen molar-refractivity contribution in [3.8, 4) is 5.88 Å². The molecule has 0 aliphatic carbocycles. The van der Waals surface area contributed by atoms with Gasteiger partial charge in [0.1, 0.15) is 0 Å². The Kier molecular flexibility index (Phi) is 3.87. The van der Waals surface area contributed by atoms with Crippen molar-refractivity contribution in [1.82, 2.24) is 4.98 Å². The lowest BCUT2D eigenvalue weighted by Crippen LogP contribution is -2.22.